The molecule has 33 heteroatoms. The van der Waals surface area contributed by atoms with Crippen LogP contribution < -0.4 is 0 Å². The third kappa shape index (κ3) is 21.5. The lowest BCUT2D eigenvalue weighted by molar-refractivity contribution is -0.282. The Bertz CT molecular complexity index is 2160. The molecule has 502 valence electrons. The van der Waals surface area contributed by atoms with Gasteiger partial charge in [0.25, 0.3) is 0 Å². The van der Waals surface area contributed by atoms with Crippen LogP contribution in [0.1, 0.15) is 99.3 Å². The van der Waals surface area contributed by atoms with Crippen LogP contribution in [-0.4, -0.2) is 290 Å². The number of ether oxygens (including phenoxy) is 7. The molecule has 86 heavy (non-hydrogen) atoms. The molecule has 0 aromatic carbocycles. The maximum absolute atomic E-state index is 13.9. The van der Waals surface area contributed by atoms with Crippen LogP contribution in [0.15, 0.2) is 0 Å². The average Bonchev–Trinajstić information content (AvgIpc) is 3.35. The smallest absolute Gasteiger partial charge is 0.394 e. The molecular formula is C53H97N3O28P2. The third-order valence-electron chi connectivity index (χ3n) is 15.9. The number of methoxy groups -OCH3 is 1. The highest BCUT2D eigenvalue weighted by Crippen LogP contribution is 2.50. The average molecular weight is 1290 g/mol. The third-order valence-corrected chi connectivity index (χ3v) is 18.0. The Morgan fingerprint density at radius 2 is 0.802 bits per heavy atom. The summed E-state index contributed by atoms with van der Waals surface area (Å²) in [6.45, 7) is 7.81. The van der Waals surface area contributed by atoms with E-state index in [1.807, 2.05) is 0 Å². The van der Waals surface area contributed by atoms with Crippen molar-refractivity contribution in [2.45, 2.75) is 210 Å². The summed E-state index contributed by atoms with van der Waals surface area (Å²) < 4.78 is 88.4. The number of likely N-dealkylation sites (tertiary alicyclic amines) is 3. The largest absolute Gasteiger partial charge is 0.472 e. The van der Waals surface area contributed by atoms with Crippen molar-refractivity contribution in [3.63, 3.8) is 0 Å². The highest BCUT2D eigenvalue weighted by molar-refractivity contribution is 7.47. The number of rotatable bonds is 30. The number of carbonyl (C=O) groups excluding carboxylic acids is 3. The number of carbonyl (C=O) groups is 3. The normalized spacial score (nSPS) is 37.3. The number of hydrogen-bond acceptors (Lipinski definition) is 26. The SMILES string of the molecule is CC(C)C.COC[C@@H]1C[C@@H](OP(=O)(O)OC[C@@H]2C[C@@H](OP(=O)(O)OC[C@@H]3C[C@@H](O)CN3C(=O)CCCO[C@@H]3OC(CO)[C@H](O)C(O)[C@@H]3C)CN2C(=O)CCCO[C@@H]2OC(CO)[C@H](O)C(O)[C@@H]2C)CN1C(=O)CCCO[C@@H]1OC(CO)[C@H](O)C(O)[C@@H]1C. The topological polar surface area (TPSA) is 439 Å². The van der Waals surface area contributed by atoms with E-state index in [1.54, 1.807) is 20.8 Å². The van der Waals surface area contributed by atoms with Crippen LogP contribution in [0.25, 0.3) is 0 Å². The van der Waals surface area contributed by atoms with Crippen molar-refractivity contribution in [3.05, 3.63) is 0 Å². The standard InChI is InChI=1S/C49H87N3O28P2.C4H10/c1-26-41(60)44(63)35(20-53)76-47(26)71-11-5-8-38(57)50-17-32(56)14-29(50)24-74-81(66,67)80-34-16-31(52(19-34)40(59)10-7-13-73-49-28(3)43(62)46(65)37(22-55)78-49)25-75-82(68,69)79-33-15-30(23-70-4)51(18-33)39(58)9-6-12-72-48-27(2)42(61)45(64)36(21-54)77-48;1-4(2)3/h26-37,41-49,53-56,60-65H,5-25H2,1-4H3,(H,66,67)(H,68,69);4H,1-3H3/t26-,27-,28-,29-,30-,31-,32+,33+,34+,35?,36?,37?,41?,42?,43?,44-,45-,46-,47+,48+,49+;/m0./s1. The Labute approximate surface area is 501 Å². The van der Waals surface area contributed by atoms with Crippen molar-refractivity contribution in [2.75, 3.05) is 86.2 Å². The maximum atomic E-state index is 13.9. The molecule has 23 atom stereocenters. The van der Waals surface area contributed by atoms with Crippen molar-refractivity contribution < 1.29 is 136 Å². The van der Waals surface area contributed by atoms with Crippen LogP contribution in [0.2, 0.25) is 0 Å². The van der Waals surface area contributed by atoms with Crippen molar-refractivity contribution in [1.29, 1.82) is 0 Å². The lowest BCUT2D eigenvalue weighted by atomic mass is 9.92. The van der Waals surface area contributed by atoms with Gasteiger partial charge in [0.15, 0.2) is 18.9 Å². The number of aliphatic hydroxyl groups is 10. The number of phosphoric acid groups is 2. The minimum atomic E-state index is -5.00. The summed E-state index contributed by atoms with van der Waals surface area (Å²) in [7, 11) is -8.55. The highest BCUT2D eigenvalue weighted by atomic mass is 31.2. The van der Waals surface area contributed by atoms with Crippen molar-refractivity contribution in [3.8, 4) is 0 Å². The van der Waals surface area contributed by atoms with Gasteiger partial charge in [-0.1, -0.05) is 41.5 Å². The molecule has 0 aromatic rings. The summed E-state index contributed by atoms with van der Waals surface area (Å²) >= 11 is 0. The Hall–Kier alpha value is -2.05. The van der Waals surface area contributed by atoms with E-state index in [1.165, 1.54) is 21.8 Å². The Morgan fingerprint density at radius 3 is 1.12 bits per heavy atom. The fraction of sp³-hybridized carbons (Fsp3) is 0.943. The second-order valence-electron chi connectivity index (χ2n) is 23.8. The molecule has 6 rings (SSSR count). The van der Waals surface area contributed by atoms with Crippen molar-refractivity contribution in [1.82, 2.24) is 14.7 Å². The monoisotopic (exact) mass is 1290 g/mol. The van der Waals surface area contributed by atoms with Gasteiger partial charge < -0.3 is 109 Å². The predicted molar refractivity (Wildman–Crippen MR) is 296 cm³/mol. The van der Waals surface area contributed by atoms with Gasteiger partial charge >= 0.3 is 15.6 Å². The fourth-order valence-corrected chi connectivity index (χ4v) is 13.0. The van der Waals surface area contributed by atoms with Crippen LogP contribution in [0, 0.1) is 23.7 Å². The molecule has 6 aliphatic heterocycles. The van der Waals surface area contributed by atoms with Gasteiger partial charge in [-0.15, -0.1) is 0 Å². The summed E-state index contributed by atoms with van der Waals surface area (Å²) in [4.78, 5) is 66.7. The molecule has 3 amide bonds. The number of aliphatic hydroxyl groups excluding tert-OH is 10. The lowest BCUT2D eigenvalue weighted by Gasteiger charge is -2.40. The summed E-state index contributed by atoms with van der Waals surface area (Å²) in [6.07, 6.45) is -17.1. The first-order valence-corrected chi connectivity index (χ1v) is 32.6. The molecule has 0 saturated carbocycles. The molecule has 12 N–H and O–H groups in total. The van der Waals surface area contributed by atoms with E-state index in [4.69, 9.17) is 51.3 Å². The zero-order valence-electron chi connectivity index (χ0n) is 50.2. The molecule has 6 aliphatic rings. The van der Waals surface area contributed by atoms with E-state index in [0.717, 1.165) is 5.92 Å². The van der Waals surface area contributed by atoms with Crippen LogP contribution in [0.4, 0.5) is 0 Å². The second-order valence-corrected chi connectivity index (χ2v) is 26.6. The summed E-state index contributed by atoms with van der Waals surface area (Å²) in [6, 6.07) is -2.48. The highest BCUT2D eigenvalue weighted by Gasteiger charge is 2.47. The number of β-amino-alcohol motifs (C(OH)–C–C–N with tert-alkyl or cyclic N) is 1. The van der Waals surface area contributed by atoms with Gasteiger partial charge in [0.2, 0.25) is 17.7 Å². The molecule has 6 heterocycles. The molecule has 0 aliphatic carbocycles. The number of amides is 3. The van der Waals surface area contributed by atoms with Crippen LogP contribution in [0.3, 0.4) is 0 Å². The zero-order valence-corrected chi connectivity index (χ0v) is 52.0. The molecule has 6 fully saturated rings. The van der Waals surface area contributed by atoms with E-state index >= 15 is 0 Å². The van der Waals surface area contributed by atoms with Crippen molar-refractivity contribution >= 4 is 33.4 Å². The van der Waals surface area contributed by atoms with E-state index in [2.05, 4.69) is 20.8 Å². The zero-order chi connectivity index (χ0) is 63.8. The molecular weight excluding hydrogens is 1190 g/mol. The molecule has 6 saturated heterocycles. The lowest BCUT2D eigenvalue weighted by Crippen LogP contribution is -2.55. The van der Waals surface area contributed by atoms with E-state index in [9.17, 15) is 84.4 Å². The van der Waals surface area contributed by atoms with E-state index in [0.29, 0.717) is 0 Å². The predicted octanol–water partition coefficient (Wildman–Crippen LogP) is -1.92. The molecule has 31 nitrogen and oxygen atoms in total. The summed E-state index contributed by atoms with van der Waals surface area (Å²) in [5.41, 5.74) is 0. The summed E-state index contributed by atoms with van der Waals surface area (Å²) in [5.74, 6) is -2.50. The fourth-order valence-electron chi connectivity index (χ4n) is 11.1. The Kier molecular flexibility index (Phi) is 30.5. The number of nitrogens with zero attached hydrogens (tertiary/aromatic N) is 3. The van der Waals surface area contributed by atoms with Gasteiger partial charge in [-0.05, 0) is 44.4 Å². The molecule has 0 aromatic heterocycles. The van der Waals surface area contributed by atoms with Crippen LogP contribution in [-0.2, 0) is 74.8 Å². The second kappa shape index (κ2) is 35.1. The first-order valence-electron chi connectivity index (χ1n) is 29.6. The van der Waals surface area contributed by atoms with Gasteiger partial charge in [-0.2, -0.15) is 0 Å². The number of hydrogen-bond donors (Lipinski definition) is 12. The summed E-state index contributed by atoms with van der Waals surface area (Å²) in [5, 5.41) is 101. The van der Waals surface area contributed by atoms with Crippen LogP contribution in [0.5, 0.6) is 0 Å². The quantitative estimate of drug-likeness (QED) is 0.0275. The number of phosphoric ester groups is 2. The first kappa shape index (κ1) is 74.7. The van der Waals surface area contributed by atoms with E-state index < -0.39 is 188 Å². The Balaban J connectivity index is 0.00000327. The maximum Gasteiger partial charge on any atom is 0.472 e. The minimum Gasteiger partial charge on any atom is -0.394 e. The van der Waals surface area contributed by atoms with Gasteiger partial charge in [-0.3, -0.25) is 32.5 Å². The molecule has 8 unspecified atom stereocenters. The molecule has 0 radical (unpaired) electrons. The Morgan fingerprint density at radius 1 is 0.500 bits per heavy atom. The van der Waals surface area contributed by atoms with Crippen LogP contribution >= 0.6 is 15.6 Å². The van der Waals surface area contributed by atoms with Gasteiger partial charge in [0.05, 0.1) is 114 Å². The van der Waals surface area contributed by atoms with Gasteiger partial charge in [0, 0.05) is 63.8 Å². The van der Waals surface area contributed by atoms with E-state index in [-0.39, 0.29) is 110 Å². The van der Waals surface area contributed by atoms with Gasteiger partial charge in [0.1, 0.15) is 36.6 Å². The van der Waals surface area contributed by atoms with Gasteiger partial charge in [-0.25, -0.2) is 9.13 Å². The first-order chi connectivity index (χ1) is 40.5. The molecule has 0 bridgehead atoms. The molecule has 0 spiro atoms. The van der Waals surface area contributed by atoms with Crippen molar-refractivity contribution in [2.24, 2.45) is 23.7 Å². The minimum absolute atomic E-state index is 0.00525.